The Balaban J connectivity index is 1.60. The average Bonchev–Trinajstić information content (AvgIpc) is 2.99. The maximum atomic E-state index is 12.6. The molecule has 2 unspecified atom stereocenters. The van der Waals surface area contributed by atoms with Crippen LogP contribution in [0.5, 0.6) is 0 Å². The normalized spacial score (nSPS) is 25.3. The third-order valence-corrected chi connectivity index (χ3v) is 5.77. The van der Waals surface area contributed by atoms with Crippen LogP contribution >= 0.6 is 0 Å². The van der Waals surface area contributed by atoms with Gasteiger partial charge in [0.05, 0.1) is 12.6 Å². The summed E-state index contributed by atoms with van der Waals surface area (Å²) in [6.45, 7) is 3.26. The zero-order chi connectivity index (χ0) is 17.2. The number of carbonyl (C=O) groups is 1. The summed E-state index contributed by atoms with van der Waals surface area (Å²) in [4.78, 5) is 18.4. The molecule has 0 aromatic carbocycles. The Morgan fingerprint density at radius 1 is 1.46 bits per heavy atom. The minimum atomic E-state index is -0.0390. The first-order valence-electron chi connectivity index (χ1n) is 9.03. The van der Waals surface area contributed by atoms with Gasteiger partial charge in [0.25, 0.3) is 0 Å². The molecule has 3 rings (SSSR count). The van der Waals surface area contributed by atoms with Crippen LogP contribution in [0.15, 0.2) is 6.33 Å². The molecule has 7 heteroatoms. The molecule has 0 saturated heterocycles. The maximum absolute atomic E-state index is 12.6. The monoisotopic (exact) mass is 335 g/mol. The molecule has 7 nitrogen and oxygen atoms in total. The van der Waals surface area contributed by atoms with Gasteiger partial charge in [-0.3, -0.25) is 4.68 Å². The van der Waals surface area contributed by atoms with Gasteiger partial charge < -0.3 is 15.0 Å². The van der Waals surface area contributed by atoms with Gasteiger partial charge in [-0.1, -0.05) is 19.3 Å². The van der Waals surface area contributed by atoms with Crippen molar-refractivity contribution in [1.29, 1.82) is 0 Å². The number of amides is 2. The van der Waals surface area contributed by atoms with Crippen molar-refractivity contribution >= 4 is 6.03 Å². The molecule has 0 aliphatic heterocycles. The molecule has 134 valence electrons. The number of aromatic nitrogens is 3. The van der Waals surface area contributed by atoms with Crippen LogP contribution in [0.4, 0.5) is 4.79 Å². The number of rotatable bonds is 5. The fourth-order valence-corrected chi connectivity index (χ4v) is 4.27. The summed E-state index contributed by atoms with van der Waals surface area (Å²) in [5.74, 6) is 0.779. The largest absolute Gasteiger partial charge is 0.378 e. The number of hydrogen-bond acceptors (Lipinski definition) is 4. The molecule has 2 atom stereocenters. The second-order valence-corrected chi connectivity index (χ2v) is 7.13. The van der Waals surface area contributed by atoms with Gasteiger partial charge in [0, 0.05) is 32.2 Å². The fourth-order valence-electron chi connectivity index (χ4n) is 4.27. The summed E-state index contributed by atoms with van der Waals surface area (Å²) < 4.78 is 7.65. The average molecular weight is 335 g/mol. The Morgan fingerprint density at radius 3 is 2.83 bits per heavy atom. The van der Waals surface area contributed by atoms with Crippen molar-refractivity contribution in [3.63, 3.8) is 0 Å². The third-order valence-electron chi connectivity index (χ3n) is 5.77. The van der Waals surface area contributed by atoms with Crippen LogP contribution in [0.3, 0.4) is 0 Å². The molecule has 1 heterocycles. The van der Waals surface area contributed by atoms with Gasteiger partial charge in [-0.05, 0) is 26.2 Å². The highest BCUT2D eigenvalue weighted by Crippen LogP contribution is 2.53. The Hall–Kier alpha value is -1.63. The molecule has 24 heavy (non-hydrogen) atoms. The smallest absolute Gasteiger partial charge is 0.317 e. The molecule has 1 aromatic rings. The van der Waals surface area contributed by atoms with Gasteiger partial charge in [0.15, 0.2) is 0 Å². The highest BCUT2D eigenvalue weighted by Gasteiger charge is 2.56. The van der Waals surface area contributed by atoms with Crippen molar-refractivity contribution in [3.8, 4) is 0 Å². The number of aryl methyl sites for hydroxylation is 1. The minimum absolute atomic E-state index is 0.0390. The summed E-state index contributed by atoms with van der Waals surface area (Å²) in [6.07, 6.45) is 8.85. The second-order valence-electron chi connectivity index (χ2n) is 7.13. The summed E-state index contributed by atoms with van der Waals surface area (Å²) in [5.41, 5.74) is 0.148. The van der Waals surface area contributed by atoms with Crippen LogP contribution < -0.4 is 5.32 Å². The molecule has 2 amide bonds. The summed E-state index contributed by atoms with van der Waals surface area (Å²) in [6, 6.07) is 0.187. The zero-order valence-electron chi connectivity index (χ0n) is 15.0. The van der Waals surface area contributed by atoms with Gasteiger partial charge in [-0.25, -0.2) is 9.78 Å². The van der Waals surface area contributed by atoms with Crippen molar-refractivity contribution in [3.05, 3.63) is 12.2 Å². The number of urea groups is 1. The molecular formula is C17H29N5O2. The molecule has 2 saturated carbocycles. The topological polar surface area (TPSA) is 72.3 Å². The van der Waals surface area contributed by atoms with E-state index < -0.39 is 0 Å². The van der Waals surface area contributed by atoms with Gasteiger partial charge in [-0.2, -0.15) is 5.10 Å². The molecule has 2 aliphatic rings. The maximum Gasteiger partial charge on any atom is 0.317 e. The van der Waals surface area contributed by atoms with E-state index in [-0.39, 0.29) is 17.5 Å². The van der Waals surface area contributed by atoms with Crippen molar-refractivity contribution < 1.29 is 9.53 Å². The molecule has 1 aromatic heterocycles. The summed E-state index contributed by atoms with van der Waals surface area (Å²) in [7, 11) is 3.64. The van der Waals surface area contributed by atoms with Crippen molar-refractivity contribution in [2.45, 2.75) is 64.1 Å². The summed E-state index contributed by atoms with van der Waals surface area (Å²) >= 11 is 0. The van der Waals surface area contributed by atoms with E-state index in [1.165, 1.54) is 25.6 Å². The lowest BCUT2D eigenvalue weighted by Crippen LogP contribution is -2.66. The number of nitrogens with one attached hydrogen (secondary N) is 1. The van der Waals surface area contributed by atoms with Crippen LogP contribution in [0.2, 0.25) is 0 Å². The van der Waals surface area contributed by atoms with Crippen molar-refractivity contribution in [1.82, 2.24) is 25.0 Å². The van der Waals surface area contributed by atoms with E-state index in [1.54, 1.807) is 16.6 Å². The molecular weight excluding hydrogens is 306 g/mol. The third kappa shape index (κ3) is 3.14. The molecule has 1 spiro atoms. The Kier molecular flexibility index (Phi) is 5.08. The predicted octanol–water partition coefficient (Wildman–Crippen LogP) is 2.08. The van der Waals surface area contributed by atoms with Crippen LogP contribution in [0, 0.1) is 5.41 Å². The molecule has 0 bridgehead atoms. The number of nitrogens with zero attached hydrogens (tertiary/aromatic N) is 4. The molecule has 2 aliphatic carbocycles. The number of ether oxygens (including phenoxy) is 1. The fraction of sp³-hybridized carbons (Fsp3) is 0.824. The second kappa shape index (κ2) is 7.09. The standard InChI is InChI=1S/C17H29N5O2/c1-4-24-14-10-13(17(14)8-6-5-7-9-17)20-16(23)21(2)11-15-18-12-19-22(15)3/h12-14H,4-11H2,1-3H3,(H,20,23). The van der Waals surface area contributed by atoms with Gasteiger partial charge in [0.2, 0.25) is 0 Å². The Bertz CT molecular complexity index is 567. The Morgan fingerprint density at radius 2 is 2.21 bits per heavy atom. The highest BCUT2D eigenvalue weighted by atomic mass is 16.5. The molecule has 0 radical (unpaired) electrons. The van der Waals surface area contributed by atoms with E-state index in [0.29, 0.717) is 12.6 Å². The number of hydrogen-bond donors (Lipinski definition) is 1. The van der Waals surface area contributed by atoms with E-state index in [4.69, 9.17) is 4.74 Å². The van der Waals surface area contributed by atoms with E-state index in [0.717, 1.165) is 31.7 Å². The van der Waals surface area contributed by atoms with E-state index in [1.807, 2.05) is 7.05 Å². The summed E-state index contributed by atoms with van der Waals surface area (Å²) in [5, 5.41) is 7.29. The lowest BCUT2D eigenvalue weighted by Gasteiger charge is -2.57. The number of carbonyl (C=O) groups excluding carboxylic acids is 1. The van der Waals surface area contributed by atoms with Gasteiger partial charge >= 0.3 is 6.03 Å². The van der Waals surface area contributed by atoms with Crippen LogP contribution in [0.1, 0.15) is 51.3 Å². The van der Waals surface area contributed by atoms with Crippen LogP contribution in [-0.4, -0.2) is 51.5 Å². The first kappa shape index (κ1) is 17.2. The first-order valence-corrected chi connectivity index (χ1v) is 9.03. The molecule has 1 N–H and O–H groups in total. The zero-order valence-corrected chi connectivity index (χ0v) is 15.0. The first-order chi connectivity index (χ1) is 11.6. The SMILES string of the molecule is CCOC1CC(NC(=O)N(C)Cc2ncnn2C)C12CCCCC2. The highest BCUT2D eigenvalue weighted by molar-refractivity contribution is 5.74. The minimum Gasteiger partial charge on any atom is -0.378 e. The lowest BCUT2D eigenvalue weighted by atomic mass is 9.55. The molecule has 2 fully saturated rings. The van der Waals surface area contributed by atoms with Crippen molar-refractivity contribution in [2.24, 2.45) is 12.5 Å². The van der Waals surface area contributed by atoms with E-state index in [9.17, 15) is 4.79 Å². The van der Waals surface area contributed by atoms with Gasteiger partial charge in [-0.15, -0.1) is 0 Å². The van der Waals surface area contributed by atoms with Gasteiger partial charge in [0.1, 0.15) is 12.2 Å². The predicted molar refractivity (Wildman–Crippen MR) is 90.3 cm³/mol. The van der Waals surface area contributed by atoms with Crippen LogP contribution in [-0.2, 0) is 18.3 Å². The van der Waals surface area contributed by atoms with Crippen molar-refractivity contribution in [2.75, 3.05) is 13.7 Å². The van der Waals surface area contributed by atoms with E-state index >= 15 is 0 Å². The quantitative estimate of drug-likeness (QED) is 0.894. The van der Waals surface area contributed by atoms with E-state index in [2.05, 4.69) is 22.3 Å². The lowest BCUT2D eigenvalue weighted by molar-refractivity contribution is -0.147. The van der Waals surface area contributed by atoms with Crippen LogP contribution in [0.25, 0.3) is 0 Å². The Labute approximate surface area is 143 Å².